The lowest BCUT2D eigenvalue weighted by Crippen LogP contribution is -2.55. The van der Waals surface area contributed by atoms with Crippen LogP contribution in [-0.4, -0.2) is 46.9 Å². The van der Waals surface area contributed by atoms with E-state index in [0.29, 0.717) is 13.1 Å². The number of carboxylic acids is 1. The van der Waals surface area contributed by atoms with E-state index >= 15 is 0 Å². The Bertz CT molecular complexity index is 384. The number of carbonyl (C=O) groups excluding carboxylic acids is 1. The number of esters is 1. The van der Waals surface area contributed by atoms with Crippen LogP contribution in [0, 0.1) is 5.92 Å². The van der Waals surface area contributed by atoms with Gasteiger partial charge in [-0.2, -0.15) is 4.63 Å². The summed E-state index contributed by atoms with van der Waals surface area (Å²) < 4.78 is 9.33. The number of aromatic nitrogens is 2. The fourth-order valence-electron chi connectivity index (χ4n) is 1.18. The summed E-state index contributed by atoms with van der Waals surface area (Å²) in [5.74, 6) is -1.66. The van der Waals surface area contributed by atoms with Gasteiger partial charge in [-0.25, -0.2) is 0 Å². The van der Waals surface area contributed by atoms with E-state index < -0.39 is 11.9 Å². The van der Waals surface area contributed by atoms with Gasteiger partial charge in [-0.15, -0.1) is 0 Å². The van der Waals surface area contributed by atoms with Crippen molar-refractivity contribution in [3.63, 3.8) is 0 Å². The van der Waals surface area contributed by atoms with Gasteiger partial charge in [-0.05, 0) is 0 Å². The van der Waals surface area contributed by atoms with Crippen molar-refractivity contribution in [3.8, 4) is 0 Å². The van der Waals surface area contributed by atoms with Gasteiger partial charge in [0, 0.05) is 11.9 Å². The first-order valence-corrected chi connectivity index (χ1v) is 4.60. The first-order valence-electron chi connectivity index (χ1n) is 4.60. The maximum Gasteiger partial charge on any atom is 0.310 e. The van der Waals surface area contributed by atoms with Gasteiger partial charge in [-0.1, -0.05) is 0 Å². The number of nitrogens with zero attached hydrogens (tertiary/aromatic N) is 3. The molecule has 0 amide bonds. The Hall–Kier alpha value is -2.06. The molecule has 0 atom stereocenters. The van der Waals surface area contributed by atoms with Gasteiger partial charge in [0.15, 0.2) is 0 Å². The summed E-state index contributed by atoms with van der Waals surface area (Å²) in [5, 5.41) is 11.3. The first-order chi connectivity index (χ1) is 7.58. The standard InChI is InChI=1S/C7H11N3O6/c1-5(11)14-4-15-10-9(16-10)8-2-6(3-8)7(12)13/h6H,2-4H2,1H3,(H,12,13). The monoisotopic (exact) mass is 233 g/mol. The topological polar surface area (TPSA) is 99.1 Å². The van der Waals surface area contributed by atoms with Gasteiger partial charge in [0.1, 0.15) is 5.02 Å². The molecule has 9 heteroatoms. The molecule has 0 unspecified atom stereocenters. The zero-order chi connectivity index (χ0) is 11.7. The maximum absolute atomic E-state index is 10.5. The molecule has 1 fully saturated rings. The number of ether oxygens (including phenoxy) is 1. The van der Waals surface area contributed by atoms with Crippen molar-refractivity contribution in [2.45, 2.75) is 6.92 Å². The van der Waals surface area contributed by atoms with E-state index in [0.717, 1.165) is 5.02 Å². The van der Waals surface area contributed by atoms with E-state index in [2.05, 4.69) is 4.74 Å². The van der Waals surface area contributed by atoms with Gasteiger partial charge in [0.05, 0.1) is 19.0 Å². The van der Waals surface area contributed by atoms with E-state index in [1.54, 1.807) is 5.01 Å². The number of hydrogen-bond acceptors (Lipinski definition) is 6. The molecule has 1 N–H and O–H groups in total. The number of hydrogen-bond donors (Lipinski definition) is 1. The Kier molecular flexibility index (Phi) is 2.50. The highest BCUT2D eigenvalue weighted by molar-refractivity contribution is 5.72. The molecule has 1 aromatic heterocycles. The molecule has 2 rings (SSSR count). The minimum Gasteiger partial charge on any atom is -0.481 e. The fourth-order valence-corrected chi connectivity index (χ4v) is 1.18. The van der Waals surface area contributed by atoms with Crippen molar-refractivity contribution in [2.75, 3.05) is 24.9 Å². The molecule has 0 aromatic carbocycles. The molecule has 1 aliphatic heterocycles. The molecule has 9 nitrogen and oxygen atoms in total. The summed E-state index contributed by atoms with van der Waals surface area (Å²) in [7, 11) is 0. The van der Waals surface area contributed by atoms with Gasteiger partial charge in [-0.3, -0.25) is 14.6 Å². The molecular weight excluding hydrogens is 222 g/mol. The minimum atomic E-state index is -0.828. The number of rotatable bonds is 5. The highest BCUT2D eigenvalue weighted by Crippen LogP contribution is 2.15. The van der Waals surface area contributed by atoms with E-state index in [-0.39, 0.29) is 12.7 Å². The van der Waals surface area contributed by atoms with Crippen molar-refractivity contribution in [1.82, 2.24) is 9.98 Å². The summed E-state index contributed by atoms with van der Waals surface area (Å²) in [6, 6.07) is 0. The summed E-state index contributed by atoms with van der Waals surface area (Å²) in [4.78, 5) is 27.0. The summed E-state index contributed by atoms with van der Waals surface area (Å²) >= 11 is 0. The van der Waals surface area contributed by atoms with Crippen LogP contribution in [0.15, 0.2) is 4.63 Å². The van der Waals surface area contributed by atoms with Crippen molar-refractivity contribution < 1.29 is 28.9 Å². The highest BCUT2D eigenvalue weighted by Gasteiger charge is 2.38. The van der Waals surface area contributed by atoms with Crippen molar-refractivity contribution >= 4 is 11.9 Å². The van der Waals surface area contributed by atoms with Crippen LogP contribution < -0.4 is 9.85 Å². The Morgan fingerprint density at radius 3 is 2.75 bits per heavy atom. The van der Waals surface area contributed by atoms with Crippen LogP contribution in [0.2, 0.25) is 0 Å². The second-order valence-electron chi connectivity index (χ2n) is 3.36. The summed E-state index contributed by atoms with van der Waals surface area (Å²) in [6.07, 6.45) is 0. The van der Waals surface area contributed by atoms with Crippen LogP contribution in [0.1, 0.15) is 6.92 Å². The van der Waals surface area contributed by atoms with Crippen molar-refractivity contribution in [3.05, 3.63) is 0 Å². The number of carboxylic acid groups (broad SMARTS) is 1. The third-order valence-electron chi connectivity index (χ3n) is 2.14. The van der Waals surface area contributed by atoms with E-state index in [1.807, 2.05) is 0 Å². The zero-order valence-corrected chi connectivity index (χ0v) is 8.53. The molecule has 0 radical (unpaired) electrons. The lowest BCUT2D eigenvalue weighted by atomic mass is 10.0. The first kappa shape index (κ1) is 10.5. The molecule has 1 aliphatic rings. The molecule has 0 bridgehead atoms. The molecule has 2 heterocycles. The third-order valence-corrected chi connectivity index (χ3v) is 2.14. The molecular formula is C7H11N3O6. The second kappa shape index (κ2) is 3.83. The zero-order valence-electron chi connectivity index (χ0n) is 8.53. The van der Waals surface area contributed by atoms with E-state index in [4.69, 9.17) is 14.6 Å². The van der Waals surface area contributed by atoms with Gasteiger partial charge in [0.2, 0.25) is 0 Å². The quantitative estimate of drug-likeness (QED) is 0.487. The number of carbonyl (C=O) groups is 2. The molecule has 1 saturated heterocycles. The van der Waals surface area contributed by atoms with Gasteiger partial charge >= 0.3 is 11.9 Å². The smallest absolute Gasteiger partial charge is 0.310 e. The Balaban J connectivity index is 1.67. The largest absolute Gasteiger partial charge is 0.481 e. The average Bonchev–Trinajstić information content (AvgIpc) is 2.80. The van der Waals surface area contributed by atoms with E-state index in [1.165, 1.54) is 11.9 Å². The summed E-state index contributed by atoms with van der Waals surface area (Å²) in [5.41, 5.74) is 0. The summed E-state index contributed by atoms with van der Waals surface area (Å²) in [6.45, 7) is 1.74. The lowest BCUT2D eigenvalue weighted by molar-refractivity contribution is -0.157. The number of aliphatic carboxylic acids is 1. The SMILES string of the molecule is CC(=O)OCOn1on1N1CC(C(=O)O)C1. The van der Waals surface area contributed by atoms with Crippen LogP contribution in [0.5, 0.6) is 0 Å². The van der Waals surface area contributed by atoms with Crippen LogP contribution in [0.3, 0.4) is 0 Å². The predicted molar refractivity (Wildman–Crippen MR) is 47.0 cm³/mol. The Morgan fingerprint density at radius 2 is 2.19 bits per heavy atom. The normalized spacial score (nSPS) is 15.9. The molecule has 0 spiro atoms. The fraction of sp³-hybridized carbons (Fsp3) is 0.714. The van der Waals surface area contributed by atoms with Crippen LogP contribution in [0.25, 0.3) is 0 Å². The highest BCUT2D eigenvalue weighted by atomic mass is 17.0. The average molecular weight is 233 g/mol. The Labute approximate surface area is 89.5 Å². The van der Waals surface area contributed by atoms with Gasteiger partial charge in [0.25, 0.3) is 6.79 Å². The molecule has 1 aromatic rings. The second-order valence-corrected chi connectivity index (χ2v) is 3.36. The van der Waals surface area contributed by atoms with Crippen molar-refractivity contribution in [1.29, 1.82) is 0 Å². The van der Waals surface area contributed by atoms with Crippen molar-refractivity contribution in [2.24, 2.45) is 5.92 Å². The van der Waals surface area contributed by atoms with E-state index in [9.17, 15) is 9.59 Å². The predicted octanol–water partition coefficient (Wildman–Crippen LogP) is -1.52. The maximum atomic E-state index is 10.5. The van der Waals surface area contributed by atoms with Gasteiger partial charge < -0.3 is 14.7 Å². The van der Waals surface area contributed by atoms with Crippen LogP contribution in [0.4, 0.5) is 0 Å². The molecule has 0 aliphatic carbocycles. The molecule has 0 saturated carbocycles. The van der Waals surface area contributed by atoms with Crippen LogP contribution in [-0.2, 0) is 14.3 Å². The molecule has 16 heavy (non-hydrogen) atoms. The third kappa shape index (κ3) is 2.12. The Morgan fingerprint density at radius 1 is 1.50 bits per heavy atom. The minimum absolute atomic E-state index is 0.248. The lowest BCUT2D eigenvalue weighted by Gasteiger charge is -2.32. The van der Waals surface area contributed by atoms with Crippen LogP contribution >= 0.6 is 0 Å². The molecule has 90 valence electrons.